The summed E-state index contributed by atoms with van der Waals surface area (Å²) in [6.45, 7) is 0.352. The fraction of sp³-hybridized carbons (Fsp3) is 0.364. The number of hydrogen-bond donors (Lipinski definition) is 2. The number of rotatable bonds is 2. The van der Waals surface area contributed by atoms with Gasteiger partial charge in [0.2, 0.25) is 0 Å². The van der Waals surface area contributed by atoms with Crippen LogP contribution in [-0.4, -0.2) is 17.6 Å². The van der Waals surface area contributed by atoms with Crippen LogP contribution in [0.3, 0.4) is 0 Å². The van der Waals surface area contributed by atoms with E-state index in [2.05, 4.69) is 5.32 Å². The molecular formula is C11H11ClFNO2. The summed E-state index contributed by atoms with van der Waals surface area (Å²) in [5, 5.41) is 12.2. The monoisotopic (exact) mass is 243 g/mol. The van der Waals surface area contributed by atoms with Crippen molar-refractivity contribution in [3.63, 3.8) is 0 Å². The molecule has 1 aliphatic heterocycles. The Balaban J connectivity index is 2.24. The van der Waals surface area contributed by atoms with Gasteiger partial charge in [-0.1, -0.05) is 17.7 Å². The fourth-order valence-corrected chi connectivity index (χ4v) is 2.28. The van der Waals surface area contributed by atoms with E-state index in [1.807, 2.05) is 0 Å². The van der Waals surface area contributed by atoms with Gasteiger partial charge in [0.15, 0.2) is 0 Å². The van der Waals surface area contributed by atoms with Crippen LogP contribution < -0.4 is 5.32 Å². The summed E-state index contributed by atoms with van der Waals surface area (Å²) in [5.41, 5.74) is 0.368. The van der Waals surface area contributed by atoms with E-state index in [0.29, 0.717) is 23.6 Å². The second-order valence-electron chi connectivity index (χ2n) is 3.87. The molecule has 1 aromatic rings. The molecule has 0 radical (unpaired) electrons. The zero-order valence-corrected chi connectivity index (χ0v) is 9.17. The lowest BCUT2D eigenvalue weighted by Crippen LogP contribution is -2.17. The van der Waals surface area contributed by atoms with Crippen molar-refractivity contribution >= 4 is 17.6 Å². The standard InChI is InChI=1S/C11H11ClFNO2/c12-7-2-1-3-8(13)10(7)9-4-6(5-14-9)11(15)16/h1-3,6,9,14H,4-5H2,(H,15,16). The van der Waals surface area contributed by atoms with Crippen molar-refractivity contribution in [2.45, 2.75) is 12.5 Å². The highest BCUT2D eigenvalue weighted by Gasteiger charge is 2.32. The van der Waals surface area contributed by atoms with E-state index in [1.165, 1.54) is 12.1 Å². The second-order valence-corrected chi connectivity index (χ2v) is 4.27. The van der Waals surface area contributed by atoms with Crippen LogP contribution in [-0.2, 0) is 4.79 Å². The van der Waals surface area contributed by atoms with Gasteiger partial charge in [0.05, 0.1) is 5.92 Å². The summed E-state index contributed by atoms with van der Waals surface area (Å²) < 4.78 is 13.6. The fourth-order valence-electron chi connectivity index (χ4n) is 1.99. The highest BCUT2D eigenvalue weighted by Crippen LogP contribution is 2.33. The van der Waals surface area contributed by atoms with E-state index in [4.69, 9.17) is 16.7 Å². The van der Waals surface area contributed by atoms with Crippen LogP contribution in [0.2, 0.25) is 5.02 Å². The van der Waals surface area contributed by atoms with Gasteiger partial charge in [-0.15, -0.1) is 0 Å². The van der Waals surface area contributed by atoms with Crippen molar-refractivity contribution in [3.05, 3.63) is 34.6 Å². The van der Waals surface area contributed by atoms with Crippen molar-refractivity contribution in [2.75, 3.05) is 6.54 Å². The number of benzene rings is 1. The minimum Gasteiger partial charge on any atom is -0.481 e. The van der Waals surface area contributed by atoms with Gasteiger partial charge in [-0.25, -0.2) is 4.39 Å². The van der Waals surface area contributed by atoms with Crippen LogP contribution in [0.5, 0.6) is 0 Å². The molecule has 2 unspecified atom stereocenters. The Kier molecular flexibility index (Phi) is 3.12. The molecule has 1 saturated heterocycles. The molecule has 0 aliphatic carbocycles. The number of halogens is 2. The minimum atomic E-state index is -0.859. The summed E-state index contributed by atoms with van der Waals surface area (Å²) in [6, 6.07) is 4.16. The topological polar surface area (TPSA) is 49.3 Å². The Morgan fingerprint density at radius 1 is 1.56 bits per heavy atom. The molecule has 16 heavy (non-hydrogen) atoms. The molecular weight excluding hydrogens is 233 g/mol. The smallest absolute Gasteiger partial charge is 0.307 e. The van der Waals surface area contributed by atoms with E-state index in [1.54, 1.807) is 6.07 Å². The minimum absolute atomic E-state index is 0.310. The first-order valence-corrected chi connectivity index (χ1v) is 5.37. The quantitative estimate of drug-likeness (QED) is 0.837. The van der Waals surface area contributed by atoms with Crippen LogP contribution in [0.4, 0.5) is 4.39 Å². The van der Waals surface area contributed by atoms with Gasteiger partial charge in [-0.2, -0.15) is 0 Å². The van der Waals surface area contributed by atoms with Gasteiger partial charge in [0.1, 0.15) is 5.82 Å². The molecule has 0 amide bonds. The predicted octanol–water partition coefficient (Wildman–Crippen LogP) is 2.21. The van der Waals surface area contributed by atoms with Crippen molar-refractivity contribution < 1.29 is 14.3 Å². The maximum atomic E-state index is 13.6. The van der Waals surface area contributed by atoms with Crippen LogP contribution >= 0.6 is 11.6 Å². The Hall–Kier alpha value is -1.13. The molecule has 1 aromatic carbocycles. The summed E-state index contributed by atoms with van der Waals surface area (Å²) >= 11 is 5.91. The number of carbonyl (C=O) groups is 1. The van der Waals surface area contributed by atoms with E-state index in [-0.39, 0.29) is 6.04 Å². The maximum absolute atomic E-state index is 13.6. The molecule has 1 heterocycles. The molecule has 0 bridgehead atoms. The molecule has 5 heteroatoms. The first-order chi connectivity index (χ1) is 7.59. The van der Waals surface area contributed by atoms with E-state index in [0.717, 1.165) is 0 Å². The average Bonchev–Trinajstić information content (AvgIpc) is 2.66. The second kappa shape index (κ2) is 4.39. The van der Waals surface area contributed by atoms with Gasteiger partial charge in [-0.3, -0.25) is 4.79 Å². The third-order valence-electron chi connectivity index (χ3n) is 2.83. The van der Waals surface area contributed by atoms with E-state index in [9.17, 15) is 9.18 Å². The van der Waals surface area contributed by atoms with Gasteiger partial charge in [0.25, 0.3) is 0 Å². The van der Waals surface area contributed by atoms with Crippen molar-refractivity contribution in [1.29, 1.82) is 0 Å². The number of aliphatic carboxylic acids is 1. The lowest BCUT2D eigenvalue weighted by Gasteiger charge is -2.13. The highest BCUT2D eigenvalue weighted by molar-refractivity contribution is 6.31. The molecule has 2 rings (SSSR count). The molecule has 0 spiro atoms. The average molecular weight is 244 g/mol. The first-order valence-electron chi connectivity index (χ1n) is 4.99. The zero-order valence-electron chi connectivity index (χ0n) is 8.41. The molecule has 0 saturated carbocycles. The molecule has 1 aliphatic rings. The first kappa shape index (κ1) is 11.4. The maximum Gasteiger partial charge on any atom is 0.307 e. The SMILES string of the molecule is O=C(O)C1CNC(c2c(F)cccc2Cl)C1. The predicted molar refractivity (Wildman–Crippen MR) is 57.9 cm³/mol. The Morgan fingerprint density at radius 2 is 2.31 bits per heavy atom. The Morgan fingerprint density at radius 3 is 2.88 bits per heavy atom. The molecule has 3 nitrogen and oxygen atoms in total. The summed E-state index contributed by atoms with van der Waals surface area (Å²) in [5.74, 6) is -1.72. The third kappa shape index (κ3) is 2.03. The summed E-state index contributed by atoms with van der Waals surface area (Å²) in [7, 11) is 0. The lowest BCUT2D eigenvalue weighted by molar-refractivity contribution is -0.141. The molecule has 2 atom stereocenters. The van der Waals surface area contributed by atoms with Gasteiger partial charge in [0, 0.05) is 23.2 Å². The zero-order chi connectivity index (χ0) is 11.7. The lowest BCUT2D eigenvalue weighted by atomic mass is 10.00. The van der Waals surface area contributed by atoms with E-state index < -0.39 is 17.7 Å². The number of hydrogen-bond acceptors (Lipinski definition) is 2. The highest BCUT2D eigenvalue weighted by atomic mass is 35.5. The number of carboxylic acids is 1. The van der Waals surface area contributed by atoms with Crippen LogP contribution in [0, 0.1) is 11.7 Å². The van der Waals surface area contributed by atoms with Crippen molar-refractivity contribution in [1.82, 2.24) is 5.32 Å². The Labute approximate surface area is 97.2 Å². The van der Waals surface area contributed by atoms with Crippen LogP contribution in [0.1, 0.15) is 18.0 Å². The van der Waals surface area contributed by atoms with Gasteiger partial charge >= 0.3 is 5.97 Å². The van der Waals surface area contributed by atoms with Crippen molar-refractivity contribution in [3.8, 4) is 0 Å². The molecule has 86 valence electrons. The van der Waals surface area contributed by atoms with E-state index >= 15 is 0 Å². The van der Waals surface area contributed by atoms with Crippen molar-refractivity contribution in [2.24, 2.45) is 5.92 Å². The summed E-state index contributed by atoms with van der Waals surface area (Å²) in [6.07, 6.45) is 0.371. The van der Waals surface area contributed by atoms with Crippen LogP contribution in [0.25, 0.3) is 0 Å². The number of nitrogens with one attached hydrogen (secondary N) is 1. The normalized spacial score (nSPS) is 24.6. The Bertz CT molecular complexity index is 404. The largest absolute Gasteiger partial charge is 0.481 e. The van der Waals surface area contributed by atoms with Gasteiger partial charge < -0.3 is 10.4 Å². The molecule has 0 aromatic heterocycles. The van der Waals surface area contributed by atoms with Crippen LogP contribution in [0.15, 0.2) is 18.2 Å². The third-order valence-corrected chi connectivity index (χ3v) is 3.16. The number of carboxylic acid groups (broad SMARTS) is 1. The summed E-state index contributed by atoms with van der Waals surface area (Å²) in [4.78, 5) is 10.8. The molecule has 1 fully saturated rings. The molecule has 2 N–H and O–H groups in total. The van der Waals surface area contributed by atoms with Gasteiger partial charge in [-0.05, 0) is 18.6 Å².